The van der Waals surface area contributed by atoms with E-state index in [0.717, 1.165) is 5.56 Å². The third-order valence-electron chi connectivity index (χ3n) is 5.02. The summed E-state index contributed by atoms with van der Waals surface area (Å²) in [5.41, 5.74) is 1.51. The lowest BCUT2D eigenvalue weighted by Crippen LogP contribution is -2.39. The number of hydrogen-bond donors (Lipinski definition) is 1. The van der Waals surface area contributed by atoms with Crippen LogP contribution in [0.3, 0.4) is 0 Å². The van der Waals surface area contributed by atoms with Gasteiger partial charge in [-0.05, 0) is 36.2 Å². The molecule has 0 fully saturated rings. The molecule has 1 heterocycles. The van der Waals surface area contributed by atoms with E-state index in [2.05, 4.69) is 5.32 Å². The summed E-state index contributed by atoms with van der Waals surface area (Å²) in [6, 6.07) is 22.8. The van der Waals surface area contributed by atoms with E-state index in [4.69, 9.17) is 9.47 Å². The Labute approximate surface area is 187 Å². The summed E-state index contributed by atoms with van der Waals surface area (Å²) in [4.78, 5) is 12.9. The van der Waals surface area contributed by atoms with Gasteiger partial charge in [0.15, 0.2) is 11.5 Å². The molecule has 0 aromatic heterocycles. The molecule has 8 heteroatoms. The monoisotopic (exact) mass is 452 g/mol. The Balaban J connectivity index is 1.50. The van der Waals surface area contributed by atoms with E-state index in [0.29, 0.717) is 36.8 Å². The van der Waals surface area contributed by atoms with Crippen LogP contribution in [0.4, 0.5) is 5.69 Å². The second-order valence-electron chi connectivity index (χ2n) is 7.29. The van der Waals surface area contributed by atoms with E-state index in [1.165, 1.54) is 16.4 Å². The topological polar surface area (TPSA) is 84.9 Å². The van der Waals surface area contributed by atoms with Crippen LogP contribution in [0, 0.1) is 0 Å². The van der Waals surface area contributed by atoms with Crippen molar-refractivity contribution < 1.29 is 22.7 Å². The maximum absolute atomic E-state index is 13.2. The number of nitrogens with one attached hydrogen (secondary N) is 1. The normalized spacial score (nSPS) is 13.0. The summed E-state index contributed by atoms with van der Waals surface area (Å²) < 4.78 is 38.7. The fourth-order valence-electron chi connectivity index (χ4n) is 3.41. The summed E-state index contributed by atoms with van der Waals surface area (Å²) in [5.74, 6) is 0.728. The van der Waals surface area contributed by atoms with Crippen LogP contribution in [-0.2, 0) is 21.2 Å². The van der Waals surface area contributed by atoms with Crippen LogP contribution in [0.1, 0.15) is 5.56 Å². The van der Waals surface area contributed by atoms with Crippen molar-refractivity contribution in [3.05, 3.63) is 84.4 Å². The van der Waals surface area contributed by atoms with Gasteiger partial charge in [-0.25, -0.2) is 8.42 Å². The zero-order chi connectivity index (χ0) is 22.4. The van der Waals surface area contributed by atoms with Crippen molar-refractivity contribution in [1.82, 2.24) is 4.31 Å². The number of amides is 1. The van der Waals surface area contributed by atoms with Gasteiger partial charge in [0.25, 0.3) is 0 Å². The average molecular weight is 453 g/mol. The van der Waals surface area contributed by atoms with Gasteiger partial charge in [0.1, 0.15) is 13.2 Å². The molecule has 3 aromatic carbocycles. The van der Waals surface area contributed by atoms with Gasteiger partial charge in [-0.2, -0.15) is 4.31 Å². The second kappa shape index (κ2) is 9.84. The van der Waals surface area contributed by atoms with Crippen molar-refractivity contribution in [2.75, 3.05) is 31.6 Å². The van der Waals surface area contributed by atoms with Gasteiger partial charge >= 0.3 is 0 Å². The number of ether oxygens (including phenoxy) is 2. The fourth-order valence-corrected chi connectivity index (χ4v) is 4.82. The van der Waals surface area contributed by atoms with Crippen LogP contribution in [-0.4, -0.2) is 44.9 Å². The maximum Gasteiger partial charge on any atom is 0.243 e. The summed E-state index contributed by atoms with van der Waals surface area (Å²) in [7, 11) is -3.85. The molecule has 0 saturated carbocycles. The van der Waals surface area contributed by atoms with E-state index in [1.54, 1.807) is 36.4 Å². The van der Waals surface area contributed by atoms with E-state index in [9.17, 15) is 13.2 Å². The van der Waals surface area contributed by atoms with Gasteiger partial charge in [0.2, 0.25) is 15.9 Å². The van der Waals surface area contributed by atoms with Crippen LogP contribution < -0.4 is 14.8 Å². The van der Waals surface area contributed by atoms with Crippen LogP contribution in [0.15, 0.2) is 83.8 Å². The molecule has 0 atom stereocenters. The Bertz CT molecular complexity index is 1170. The molecule has 0 bridgehead atoms. The first-order valence-corrected chi connectivity index (χ1v) is 11.7. The summed E-state index contributed by atoms with van der Waals surface area (Å²) >= 11 is 0. The summed E-state index contributed by atoms with van der Waals surface area (Å²) in [5, 5.41) is 2.76. The number of carbonyl (C=O) groups is 1. The van der Waals surface area contributed by atoms with Gasteiger partial charge in [0.05, 0.1) is 11.4 Å². The number of nitrogens with zero attached hydrogens (tertiary/aromatic N) is 1. The van der Waals surface area contributed by atoms with E-state index in [1.807, 2.05) is 30.3 Å². The van der Waals surface area contributed by atoms with Crippen LogP contribution in [0.2, 0.25) is 0 Å². The third kappa shape index (κ3) is 5.27. The van der Waals surface area contributed by atoms with Crippen molar-refractivity contribution >= 4 is 21.6 Å². The minimum absolute atomic E-state index is 0.153. The van der Waals surface area contributed by atoms with Gasteiger partial charge in [-0.15, -0.1) is 0 Å². The molecule has 1 N–H and O–H groups in total. The maximum atomic E-state index is 13.2. The smallest absolute Gasteiger partial charge is 0.243 e. The highest BCUT2D eigenvalue weighted by molar-refractivity contribution is 7.89. The summed E-state index contributed by atoms with van der Waals surface area (Å²) in [6.45, 7) is 0.785. The lowest BCUT2D eigenvalue weighted by atomic mass is 10.1. The molecule has 0 saturated heterocycles. The Kier molecular flexibility index (Phi) is 6.72. The van der Waals surface area contributed by atoms with Crippen molar-refractivity contribution in [1.29, 1.82) is 0 Å². The molecular weight excluding hydrogens is 428 g/mol. The molecule has 0 unspecified atom stereocenters. The van der Waals surface area contributed by atoms with E-state index >= 15 is 0 Å². The Morgan fingerprint density at radius 3 is 2.25 bits per heavy atom. The molecule has 0 spiro atoms. The first-order chi connectivity index (χ1) is 15.5. The number of hydrogen-bond acceptors (Lipinski definition) is 5. The molecule has 32 heavy (non-hydrogen) atoms. The number of sulfonamides is 1. The van der Waals surface area contributed by atoms with Gasteiger partial charge in [0, 0.05) is 18.3 Å². The number of benzene rings is 3. The Hall–Kier alpha value is -3.36. The molecule has 7 nitrogen and oxygen atoms in total. The lowest BCUT2D eigenvalue weighted by molar-refractivity contribution is -0.116. The minimum Gasteiger partial charge on any atom is -0.486 e. The minimum atomic E-state index is -3.85. The van der Waals surface area contributed by atoms with E-state index in [-0.39, 0.29) is 18.0 Å². The zero-order valence-corrected chi connectivity index (χ0v) is 18.3. The molecular formula is C24H24N2O5S. The lowest BCUT2D eigenvalue weighted by Gasteiger charge is -2.22. The Morgan fingerprint density at radius 2 is 1.53 bits per heavy atom. The zero-order valence-electron chi connectivity index (χ0n) is 17.4. The highest BCUT2D eigenvalue weighted by Gasteiger charge is 2.26. The highest BCUT2D eigenvalue weighted by atomic mass is 32.2. The molecule has 166 valence electrons. The first kappa shape index (κ1) is 21.9. The SMILES string of the molecule is O=C(CN(CCc1ccccc1)S(=O)(=O)c1ccccc1)Nc1ccc2c(c1)OCCO2. The van der Waals surface area contributed by atoms with Gasteiger partial charge in [-0.1, -0.05) is 48.5 Å². The highest BCUT2D eigenvalue weighted by Crippen LogP contribution is 2.32. The average Bonchev–Trinajstić information content (AvgIpc) is 2.83. The molecule has 0 aliphatic carbocycles. The van der Waals surface area contributed by atoms with Crippen LogP contribution >= 0.6 is 0 Å². The molecule has 1 aliphatic heterocycles. The number of anilines is 1. The van der Waals surface area contributed by atoms with Crippen molar-refractivity contribution in [2.45, 2.75) is 11.3 Å². The predicted molar refractivity (Wildman–Crippen MR) is 121 cm³/mol. The molecule has 4 rings (SSSR count). The Morgan fingerprint density at radius 1 is 0.875 bits per heavy atom. The molecule has 3 aromatic rings. The van der Waals surface area contributed by atoms with E-state index < -0.39 is 15.9 Å². The predicted octanol–water partition coefficient (Wildman–Crippen LogP) is 3.33. The number of carbonyl (C=O) groups excluding carboxylic acids is 1. The fraction of sp³-hybridized carbons (Fsp3) is 0.208. The number of fused-ring (bicyclic) bond motifs is 1. The van der Waals surface area contributed by atoms with Crippen molar-refractivity contribution in [3.8, 4) is 11.5 Å². The largest absolute Gasteiger partial charge is 0.486 e. The van der Waals surface area contributed by atoms with Crippen molar-refractivity contribution in [2.24, 2.45) is 0 Å². The molecule has 0 radical (unpaired) electrons. The quantitative estimate of drug-likeness (QED) is 0.567. The molecule has 1 amide bonds. The number of rotatable bonds is 8. The van der Waals surface area contributed by atoms with Gasteiger partial charge in [-0.3, -0.25) is 4.79 Å². The van der Waals surface area contributed by atoms with Crippen LogP contribution in [0.5, 0.6) is 11.5 Å². The van der Waals surface area contributed by atoms with Gasteiger partial charge < -0.3 is 14.8 Å². The standard InChI is InChI=1S/C24H24N2O5S/c27-24(25-20-11-12-22-23(17-20)31-16-15-30-22)18-26(14-13-19-7-3-1-4-8-19)32(28,29)21-9-5-2-6-10-21/h1-12,17H,13-16,18H2,(H,25,27). The van der Waals surface area contributed by atoms with Crippen molar-refractivity contribution in [3.63, 3.8) is 0 Å². The molecule has 1 aliphatic rings. The van der Waals surface area contributed by atoms with Crippen LogP contribution in [0.25, 0.3) is 0 Å². The first-order valence-electron chi connectivity index (χ1n) is 10.3. The third-order valence-corrected chi connectivity index (χ3v) is 6.88. The summed E-state index contributed by atoms with van der Waals surface area (Å²) in [6.07, 6.45) is 0.490. The second-order valence-corrected chi connectivity index (χ2v) is 9.23.